The molecule has 1 aromatic rings. The van der Waals surface area contributed by atoms with E-state index in [0.717, 1.165) is 18.6 Å². The maximum Gasteiger partial charge on any atom is 0.257 e. The molecule has 1 amide bonds. The topological polar surface area (TPSA) is 60.8 Å². The molecule has 0 aliphatic carbocycles. The molecule has 1 aliphatic heterocycles. The number of aliphatic hydroxyl groups is 1. The Kier molecular flexibility index (Phi) is 4.04. The van der Waals surface area contributed by atoms with Gasteiger partial charge in [-0.3, -0.25) is 4.79 Å². The number of benzene rings is 1. The highest BCUT2D eigenvalue weighted by atomic mass is 19.1. The van der Waals surface area contributed by atoms with Crippen LogP contribution in [-0.2, 0) is 0 Å². The first kappa shape index (κ1) is 13.8. The van der Waals surface area contributed by atoms with Gasteiger partial charge < -0.3 is 15.1 Å². The number of aliphatic hydroxyl groups excluding tert-OH is 1. The third-order valence-electron chi connectivity index (χ3n) is 3.70. The number of nitrogens with zero attached hydrogens (tertiary/aromatic N) is 1. The van der Waals surface area contributed by atoms with Gasteiger partial charge in [0.2, 0.25) is 0 Å². The zero-order valence-electron chi connectivity index (χ0n) is 10.8. The van der Waals surface area contributed by atoms with Crippen molar-refractivity contribution in [2.24, 2.45) is 5.92 Å². The molecule has 0 bridgehead atoms. The Balaban J connectivity index is 2.15. The van der Waals surface area contributed by atoms with E-state index >= 15 is 0 Å². The largest absolute Gasteiger partial charge is 0.507 e. The average Bonchev–Trinajstić information content (AvgIpc) is 2.38. The molecule has 1 saturated heterocycles. The van der Waals surface area contributed by atoms with E-state index in [2.05, 4.69) is 0 Å². The first-order chi connectivity index (χ1) is 9.02. The summed E-state index contributed by atoms with van der Waals surface area (Å²) in [6.45, 7) is 2.89. The van der Waals surface area contributed by atoms with Crippen LogP contribution >= 0.6 is 0 Å². The van der Waals surface area contributed by atoms with Crippen molar-refractivity contribution in [2.75, 3.05) is 13.1 Å². The Morgan fingerprint density at radius 1 is 1.53 bits per heavy atom. The normalized spacial score (nSPS) is 23.4. The number of amides is 1. The number of hydrogen-bond donors (Lipinski definition) is 2. The minimum Gasteiger partial charge on any atom is -0.507 e. The van der Waals surface area contributed by atoms with Gasteiger partial charge in [0, 0.05) is 25.1 Å². The van der Waals surface area contributed by atoms with Crippen LogP contribution in [-0.4, -0.2) is 40.2 Å². The third kappa shape index (κ3) is 2.87. The van der Waals surface area contributed by atoms with E-state index in [1.807, 2.05) is 6.92 Å². The van der Waals surface area contributed by atoms with Crippen LogP contribution < -0.4 is 0 Å². The number of rotatable bonds is 2. The highest BCUT2D eigenvalue weighted by Crippen LogP contribution is 2.25. The second-order valence-electron chi connectivity index (χ2n) is 4.94. The summed E-state index contributed by atoms with van der Waals surface area (Å²) in [5, 5.41) is 19.4. The third-order valence-corrected chi connectivity index (χ3v) is 3.70. The molecule has 0 radical (unpaired) electrons. The summed E-state index contributed by atoms with van der Waals surface area (Å²) in [7, 11) is 0. The zero-order valence-corrected chi connectivity index (χ0v) is 10.8. The number of carbonyl (C=O) groups is 1. The number of halogens is 1. The molecule has 5 heteroatoms. The lowest BCUT2D eigenvalue weighted by Gasteiger charge is -2.35. The minimum atomic E-state index is -0.574. The van der Waals surface area contributed by atoms with Crippen LogP contribution in [0.3, 0.4) is 0 Å². The first-order valence-electron chi connectivity index (χ1n) is 6.48. The molecule has 4 nitrogen and oxygen atoms in total. The molecule has 2 atom stereocenters. The second kappa shape index (κ2) is 5.57. The molecule has 1 heterocycles. The lowest BCUT2D eigenvalue weighted by Crippen LogP contribution is -2.45. The summed E-state index contributed by atoms with van der Waals surface area (Å²) >= 11 is 0. The summed E-state index contributed by atoms with van der Waals surface area (Å²) in [5.41, 5.74) is 0.104. The van der Waals surface area contributed by atoms with Crippen molar-refractivity contribution in [1.82, 2.24) is 4.90 Å². The molecule has 104 valence electrons. The van der Waals surface area contributed by atoms with Crippen molar-refractivity contribution < 1.29 is 19.4 Å². The molecule has 1 aromatic carbocycles. The van der Waals surface area contributed by atoms with Crippen molar-refractivity contribution in [3.8, 4) is 5.75 Å². The van der Waals surface area contributed by atoms with Crippen LogP contribution in [0, 0.1) is 11.7 Å². The molecule has 19 heavy (non-hydrogen) atoms. The van der Waals surface area contributed by atoms with Gasteiger partial charge in [0.05, 0.1) is 11.7 Å². The van der Waals surface area contributed by atoms with Gasteiger partial charge in [-0.25, -0.2) is 4.39 Å². The summed E-state index contributed by atoms with van der Waals surface area (Å²) in [5.74, 6) is -1.18. The predicted octanol–water partition coefficient (Wildman–Crippen LogP) is 1.76. The fourth-order valence-electron chi connectivity index (χ4n) is 2.46. The van der Waals surface area contributed by atoms with E-state index in [-0.39, 0.29) is 29.2 Å². The second-order valence-corrected chi connectivity index (χ2v) is 4.94. The number of aromatic hydroxyl groups is 1. The van der Waals surface area contributed by atoms with Gasteiger partial charge in [-0.1, -0.05) is 6.92 Å². The van der Waals surface area contributed by atoms with Gasteiger partial charge in [0.25, 0.3) is 5.91 Å². The molecular formula is C14H18FNO3. The number of phenols is 1. The van der Waals surface area contributed by atoms with Gasteiger partial charge >= 0.3 is 0 Å². The number of carbonyl (C=O) groups excluding carboxylic acids is 1. The van der Waals surface area contributed by atoms with Gasteiger partial charge in [-0.2, -0.15) is 0 Å². The monoisotopic (exact) mass is 267 g/mol. The highest BCUT2D eigenvalue weighted by molar-refractivity contribution is 5.96. The lowest BCUT2D eigenvalue weighted by atomic mass is 9.92. The molecule has 2 N–H and O–H groups in total. The Morgan fingerprint density at radius 3 is 2.89 bits per heavy atom. The molecule has 1 aliphatic rings. The molecule has 1 fully saturated rings. The zero-order chi connectivity index (χ0) is 14.0. The summed E-state index contributed by atoms with van der Waals surface area (Å²) in [6, 6.07) is 3.38. The predicted molar refractivity (Wildman–Crippen MR) is 68.4 cm³/mol. The van der Waals surface area contributed by atoms with Gasteiger partial charge in [0.1, 0.15) is 11.6 Å². The van der Waals surface area contributed by atoms with Gasteiger partial charge in [-0.05, 0) is 25.0 Å². The molecular weight excluding hydrogens is 249 g/mol. The van der Waals surface area contributed by atoms with Crippen molar-refractivity contribution >= 4 is 5.91 Å². The highest BCUT2D eigenvalue weighted by Gasteiger charge is 2.30. The number of hydrogen-bond acceptors (Lipinski definition) is 3. The van der Waals surface area contributed by atoms with Crippen LogP contribution in [0.2, 0.25) is 0 Å². The molecule has 0 saturated carbocycles. The number of phenolic OH excluding ortho intramolecular Hbond substituents is 1. The van der Waals surface area contributed by atoms with Gasteiger partial charge in [-0.15, -0.1) is 0 Å². The Bertz CT molecular complexity index is 478. The van der Waals surface area contributed by atoms with Crippen LogP contribution in [0.4, 0.5) is 4.39 Å². The summed E-state index contributed by atoms with van der Waals surface area (Å²) in [6.07, 6.45) is 0.947. The summed E-state index contributed by atoms with van der Waals surface area (Å²) in [4.78, 5) is 13.9. The van der Waals surface area contributed by atoms with Crippen molar-refractivity contribution in [2.45, 2.75) is 25.9 Å². The number of likely N-dealkylation sites (tertiary alicyclic amines) is 1. The SMILES string of the molecule is CCC1CN(C(=O)c2ccc(F)cc2O)CCC1O. The molecule has 2 rings (SSSR count). The molecule has 2 unspecified atom stereocenters. The van der Waals surface area contributed by atoms with E-state index in [4.69, 9.17) is 0 Å². The smallest absolute Gasteiger partial charge is 0.257 e. The van der Waals surface area contributed by atoms with E-state index in [9.17, 15) is 19.4 Å². The lowest BCUT2D eigenvalue weighted by molar-refractivity contribution is 0.0227. The Morgan fingerprint density at radius 2 is 2.26 bits per heavy atom. The van der Waals surface area contributed by atoms with E-state index in [1.54, 1.807) is 4.90 Å². The fourth-order valence-corrected chi connectivity index (χ4v) is 2.46. The molecule has 0 spiro atoms. The van der Waals surface area contributed by atoms with Crippen molar-refractivity contribution in [3.05, 3.63) is 29.6 Å². The maximum absolute atomic E-state index is 12.9. The van der Waals surface area contributed by atoms with E-state index in [0.29, 0.717) is 19.5 Å². The quantitative estimate of drug-likeness (QED) is 0.858. The van der Waals surface area contributed by atoms with E-state index in [1.165, 1.54) is 6.07 Å². The standard InChI is InChI=1S/C14H18FNO3/c1-2-9-8-16(6-5-12(9)17)14(19)11-4-3-10(15)7-13(11)18/h3-4,7,9,12,17-18H,2,5-6,8H2,1H3. The van der Waals surface area contributed by atoms with Crippen LogP contribution in [0.15, 0.2) is 18.2 Å². The molecule has 0 aromatic heterocycles. The van der Waals surface area contributed by atoms with Crippen LogP contribution in [0.1, 0.15) is 30.1 Å². The van der Waals surface area contributed by atoms with Gasteiger partial charge in [0.15, 0.2) is 0 Å². The maximum atomic E-state index is 12.9. The minimum absolute atomic E-state index is 0.0558. The van der Waals surface area contributed by atoms with Crippen LogP contribution in [0.5, 0.6) is 5.75 Å². The fraction of sp³-hybridized carbons (Fsp3) is 0.500. The van der Waals surface area contributed by atoms with Crippen molar-refractivity contribution in [3.63, 3.8) is 0 Å². The number of piperidine rings is 1. The van der Waals surface area contributed by atoms with Crippen molar-refractivity contribution in [1.29, 1.82) is 0 Å². The Labute approximate surface area is 111 Å². The first-order valence-corrected chi connectivity index (χ1v) is 6.48. The average molecular weight is 267 g/mol. The van der Waals surface area contributed by atoms with Crippen LogP contribution in [0.25, 0.3) is 0 Å². The Hall–Kier alpha value is -1.62. The summed E-state index contributed by atoms with van der Waals surface area (Å²) < 4.78 is 12.9. The van der Waals surface area contributed by atoms with E-state index < -0.39 is 5.82 Å².